The van der Waals surface area contributed by atoms with Crippen LogP contribution < -0.4 is 19.5 Å². The zero-order chi connectivity index (χ0) is 22.0. The minimum atomic E-state index is -3.88. The number of carbonyl (C=O) groups is 1. The van der Waals surface area contributed by atoms with Gasteiger partial charge in [0.15, 0.2) is 11.5 Å². The Morgan fingerprint density at radius 1 is 0.903 bits per heavy atom. The second kappa shape index (κ2) is 8.31. The third-order valence-corrected chi connectivity index (χ3v) is 6.21. The molecular formula is C23H22N2O5S. The van der Waals surface area contributed by atoms with Gasteiger partial charge in [-0.25, -0.2) is 8.42 Å². The maximum Gasteiger partial charge on any atom is 0.262 e. The molecule has 0 atom stereocenters. The Hall–Kier alpha value is -3.52. The van der Waals surface area contributed by atoms with Gasteiger partial charge in [0.2, 0.25) is 0 Å². The first kappa shape index (κ1) is 20.7. The molecule has 0 saturated carbocycles. The second-order valence-corrected chi connectivity index (χ2v) is 8.95. The number of carbonyl (C=O) groups excluding carboxylic acids is 1. The van der Waals surface area contributed by atoms with Gasteiger partial charge in [0.1, 0.15) is 13.2 Å². The van der Waals surface area contributed by atoms with Crippen LogP contribution in [0, 0.1) is 13.8 Å². The van der Waals surface area contributed by atoms with Gasteiger partial charge >= 0.3 is 0 Å². The first-order chi connectivity index (χ1) is 14.8. The molecule has 1 aliphatic rings. The summed E-state index contributed by atoms with van der Waals surface area (Å²) in [4.78, 5) is 12.7. The van der Waals surface area contributed by atoms with Gasteiger partial charge in [-0.05, 0) is 55.8 Å². The van der Waals surface area contributed by atoms with Crippen LogP contribution in [0.3, 0.4) is 0 Å². The van der Waals surface area contributed by atoms with E-state index in [9.17, 15) is 13.2 Å². The predicted octanol–water partition coefficient (Wildman–Crippen LogP) is 4.13. The number of ether oxygens (including phenoxy) is 2. The molecule has 3 aromatic carbocycles. The molecule has 7 nitrogen and oxygen atoms in total. The molecule has 0 spiro atoms. The minimum Gasteiger partial charge on any atom is -0.486 e. The van der Waals surface area contributed by atoms with Crippen molar-refractivity contribution in [1.82, 2.24) is 0 Å². The Kier molecular flexibility index (Phi) is 5.56. The molecule has 2 N–H and O–H groups in total. The fourth-order valence-electron chi connectivity index (χ4n) is 3.28. The van der Waals surface area contributed by atoms with Gasteiger partial charge < -0.3 is 14.8 Å². The number of rotatable bonds is 5. The van der Waals surface area contributed by atoms with E-state index in [-0.39, 0.29) is 16.5 Å². The summed E-state index contributed by atoms with van der Waals surface area (Å²) in [5.41, 5.74) is 3.37. The molecule has 0 fully saturated rings. The van der Waals surface area contributed by atoms with Gasteiger partial charge in [0.05, 0.1) is 4.90 Å². The van der Waals surface area contributed by atoms with Crippen LogP contribution >= 0.6 is 0 Å². The zero-order valence-corrected chi connectivity index (χ0v) is 18.0. The van der Waals surface area contributed by atoms with E-state index in [1.54, 1.807) is 24.3 Å². The first-order valence-corrected chi connectivity index (χ1v) is 11.2. The third-order valence-electron chi connectivity index (χ3n) is 4.83. The SMILES string of the molecule is Cc1ccc(NC(=O)c2cccc(NS(=O)(=O)c3ccc4c(c3)OCCO4)c2)c(C)c1. The summed E-state index contributed by atoms with van der Waals surface area (Å²) in [6.45, 7) is 4.69. The maximum absolute atomic E-state index is 12.8. The summed E-state index contributed by atoms with van der Waals surface area (Å²) >= 11 is 0. The number of benzene rings is 3. The average molecular weight is 439 g/mol. The minimum absolute atomic E-state index is 0.0434. The maximum atomic E-state index is 12.8. The molecular weight excluding hydrogens is 416 g/mol. The molecule has 0 aromatic heterocycles. The number of hydrogen-bond acceptors (Lipinski definition) is 5. The Morgan fingerprint density at radius 3 is 2.45 bits per heavy atom. The van der Waals surface area contributed by atoms with E-state index in [0.717, 1.165) is 11.1 Å². The number of sulfonamides is 1. The van der Waals surface area contributed by atoms with E-state index in [1.165, 1.54) is 18.2 Å². The van der Waals surface area contributed by atoms with Crippen LogP contribution in [0.15, 0.2) is 65.6 Å². The van der Waals surface area contributed by atoms with Crippen LogP contribution in [0.5, 0.6) is 11.5 Å². The van der Waals surface area contributed by atoms with Gasteiger partial charge in [0.25, 0.3) is 15.9 Å². The molecule has 160 valence electrons. The van der Waals surface area contributed by atoms with E-state index in [0.29, 0.717) is 36.0 Å². The van der Waals surface area contributed by atoms with Crippen molar-refractivity contribution < 1.29 is 22.7 Å². The van der Waals surface area contributed by atoms with Crippen LogP contribution in [-0.4, -0.2) is 27.5 Å². The van der Waals surface area contributed by atoms with Gasteiger partial charge in [-0.3, -0.25) is 9.52 Å². The quantitative estimate of drug-likeness (QED) is 0.625. The van der Waals surface area contributed by atoms with Gasteiger partial charge in [-0.1, -0.05) is 23.8 Å². The molecule has 0 saturated heterocycles. The molecule has 0 unspecified atom stereocenters. The molecule has 1 amide bonds. The van der Waals surface area contributed by atoms with E-state index in [4.69, 9.17) is 9.47 Å². The molecule has 4 rings (SSSR count). The monoisotopic (exact) mass is 438 g/mol. The van der Waals surface area contributed by atoms with Crippen molar-refractivity contribution in [3.8, 4) is 11.5 Å². The van der Waals surface area contributed by atoms with Crippen LogP contribution in [0.4, 0.5) is 11.4 Å². The fraction of sp³-hybridized carbons (Fsp3) is 0.174. The lowest BCUT2D eigenvalue weighted by Gasteiger charge is -2.19. The summed E-state index contributed by atoms with van der Waals surface area (Å²) in [5, 5.41) is 2.86. The van der Waals surface area contributed by atoms with Crippen molar-refractivity contribution in [2.24, 2.45) is 0 Å². The van der Waals surface area contributed by atoms with Crippen LogP contribution in [0.25, 0.3) is 0 Å². The van der Waals surface area contributed by atoms with Crippen molar-refractivity contribution in [1.29, 1.82) is 0 Å². The Bertz CT molecular complexity index is 1250. The Morgan fingerprint density at radius 2 is 1.68 bits per heavy atom. The molecule has 0 aliphatic carbocycles. The number of fused-ring (bicyclic) bond motifs is 1. The van der Waals surface area contributed by atoms with E-state index in [2.05, 4.69) is 10.0 Å². The van der Waals surface area contributed by atoms with Crippen molar-refractivity contribution in [2.45, 2.75) is 18.7 Å². The summed E-state index contributed by atoms with van der Waals surface area (Å²) in [6.07, 6.45) is 0. The number of hydrogen-bond donors (Lipinski definition) is 2. The molecule has 0 radical (unpaired) electrons. The van der Waals surface area contributed by atoms with Crippen LogP contribution in [-0.2, 0) is 10.0 Å². The molecule has 1 heterocycles. The second-order valence-electron chi connectivity index (χ2n) is 7.26. The van der Waals surface area contributed by atoms with Crippen molar-refractivity contribution in [3.05, 3.63) is 77.4 Å². The highest BCUT2D eigenvalue weighted by molar-refractivity contribution is 7.92. The highest BCUT2D eigenvalue weighted by Crippen LogP contribution is 2.32. The number of amides is 1. The number of anilines is 2. The molecule has 1 aliphatic heterocycles. The van der Waals surface area contributed by atoms with Gasteiger partial charge in [-0.15, -0.1) is 0 Å². The predicted molar refractivity (Wildman–Crippen MR) is 119 cm³/mol. The summed E-state index contributed by atoms with van der Waals surface area (Å²) in [6, 6.07) is 16.5. The molecule has 0 bridgehead atoms. The van der Waals surface area contributed by atoms with Crippen molar-refractivity contribution >= 4 is 27.3 Å². The van der Waals surface area contributed by atoms with Gasteiger partial charge in [-0.2, -0.15) is 0 Å². The number of nitrogens with one attached hydrogen (secondary N) is 2. The molecule has 8 heteroatoms. The summed E-state index contributed by atoms with van der Waals surface area (Å²) < 4.78 is 39.1. The highest BCUT2D eigenvalue weighted by Gasteiger charge is 2.20. The molecule has 31 heavy (non-hydrogen) atoms. The lowest BCUT2D eigenvalue weighted by Crippen LogP contribution is -2.18. The summed E-state index contributed by atoms with van der Waals surface area (Å²) in [5.74, 6) is 0.568. The van der Waals surface area contributed by atoms with Crippen LogP contribution in [0.2, 0.25) is 0 Å². The Balaban J connectivity index is 1.53. The fourth-order valence-corrected chi connectivity index (χ4v) is 4.34. The van der Waals surface area contributed by atoms with Crippen molar-refractivity contribution in [2.75, 3.05) is 23.3 Å². The van der Waals surface area contributed by atoms with E-state index < -0.39 is 10.0 Å². The van der Waals surface area contributed by atoms with Crippen molar-refractivity contribution in [3.63, 3.8) is 0 Å². The lowest BCUT2D eigenvalue weighted by atomic mass is 10.1. The van der Waals surface area contributed by atoms with E-state index in [1.807, 2.05) is 32.0 Å². The molecule has 3 aromatic rings. The van der Waals surface area contributed by atoms with Gasteiger partial charge in [0, 0.05) is 23.0 Å². The zero-order valence-electron chi connectivity index (χ0n) is 17.1. The average Bonchev–Trinajstić information content (AvgIpc) is 2.75. The van der Waals surface area contributed by atoms with Crippen LogP contribution in [0.1, 0.15) is 21.5 Å². The number of aryl methyl sites for hydroxylation is 2. The first-order valence-electron chi connectivity index (χ1n) is 9.73. The van der Waals surface area contributed by atoms with E-state index >= 15 is 0 Å². The highest BCUT2D eigenvalue weighted by atomic mass is 32.2. The normalized spacial score (nSPS) is 12.8. The lowest BCUT2D eigenvalue weighted by molar-refractivity contribution is 0.102. The Labute approximate surface area is 181 Å². The topological polar surface area (TPSA) is 93.7 Å². The smallest absolute Gasteiger partial charge is 0.262 e. The largest absolute Gasteiger partial charge is 0.486 e. The third kappa shape index (κ3) is 4.64. The summed E-state index contributed by atoms with van der Waals surface area (Å²) in [7, 11) is -3.88. The standard InChI is InChI=1S/C23H22N2O5S/c1-15-6-8-20(16(2)12-15)24-23(26)17-4-3-5-18(13-17)25-31(27,28)19-7-9-21-22(14-19)30-11-10-29-21/h3-9,12-14,25H,10-11H2,1-2H3,(H,24,26).